The number of aromatic nitrogens is 1. The topological polar surface area (TPSA) is 88.4 Å². The summed E-state index contributed by atoms with van der Waals surface area (Å²) in [4.78, 5) is 11.1. The molecule has 1 aromatic carbocycles. The van der Waals surface area contributed by atoms with Gasteiger partial charge in [0.15, 0.2) is 0 Å². The molecule has 2 rings (SSSR count). The van der Waals surface area contributed by atoms with Crippen molar-refractivity contribution in [2.75, 3.05) is 0 Å². The Labute approximate surface area is 139 Å². The number of carboxylic acids is 1. The first-order valence-electron chi connectivity index (χ1n) is 6.96. The molecule has 2 aromatic rings. The van der Waals surface area contributed by atoms with E-state index in [-0.39, 0.29) is 10.6 Å². The molecule has 1 unspecified atom stereocenters. The van der Waals surface area contributed by atoms with E-state index in [0.717, 1.165) is 6.07 Å². The van der Waals surface area contributed by atoms with E-state index in [2.05, 4.69) is 4.72 Å². The van der Waals surface area contributed by atoms with Crippen molar-refractivity contribution in [3.8, 4) is 0 Å². The number of halogens is 1. The zero-order valence-electron chi connectivity index (χ0n) is 12.7. The van der Waals surface area contributed by atoms with Crippen LogP contribution in [0.5, 0.6) is 0 Å². The maximum atomic E-state index is 12.5. The van der Waals surface area contributed by atoms with Gasteiger partial charge < -0.3 is 9.67 Å². The number of aromatic carboxylic acids is 1. The van der Waals surface area contributed by atoms with Crippen molar-refractivity contribution in [1.29, 1.82) is 0 Å². The number of nitrogens with one attached hydrogen (secondary N) is 1. The van der Waals surface area contributed by atoms with Crippen molar-refractivity contribution in [3.63, 3.8) is 0 Å². The fourth-order valence-electron chi connectivity index (χ4n) is 2.26. The fraction of sp³-hybridized carbons (Fsp3) is 0.267. The van der Waals surface area contributed by atoms with Crippen LogP contribution in [0.3, 0.4) is 0 Å². The van der Waals surface area contributed by atoms with Crippen LogP contribution in [0, 0.1) is 0 Å². The van der Waals surface area contributed by atoms with Crippen molar-refractivity contribution in [3.05, 3.63) is 52.8 Å². The van der Waals surface area contributed by atoms with Crippen LogP contribution in [-0.4, -0.2) is 24.1 Å². The monoisotopic (exact) mass is 356 g/mol. The van der Waals surface area contributed by atoms with Crippen LogP contribution in [0.25, 0.3) is 0 Å². The molecule has 0 saturated heterocycles. The summed E-state index contributed by atoms with van der Waals surface area (Å²) in [5.74, 6) is -1.17. The summed E-state index contributed by atoms with van der Waals surface area (Å²) in [6, 6.07) is 7.53. The van der Waals surface area contributed by atoms with Gasteiger partial charge in [0.2, 0.25) is 10.0 Å². The van der Waals surface area contributed by atoms with Gasteiger partial charge in [-0.25, -0.2) is 17.9 Å². The molecular weight excluding hydrogens is 340 g/mol. The van der Waals surface area contributed by atoms with E-state index in [0.29, 0.717) is 17.1 Å². The smallest absolute Gasteiger partial charge is 0.352 e. The van der Waals surface area contributed by atoms with E-state index < -0.39 is 22.0 Å². The lowest BCUT2D eigenvalue weighted by Gasteiger charge is -2.15. The second-order valence-corrected chi connectivity index (χ2v) is 7.14. The highest BCUT2D eigenvalue weighted by Crippen LogP contribution is 2.24. The molecule has 6 nitrogen and oxygen atoms in total. The maximum absolute atomic E-state index is 12.5. The molecule has 0 fully saturated rings. The molecule has 1 heterocycles. The molecule has 0 amide bonds. The Hall–Kier alpha value is -1.83. The summed E-state index contributed by atoms with van der Waals surface area (Å²) in [5, 5.41) is 9.58. The first kappa shape index (κ1) is 17.5. The van der Waals surface area contributed by atoms with Crippen LogP contribution < -0.4 is 4.72 Å². The van der Waals surface area contributed by atoms with Crippen molar-refractivity contribution in [2.24, 2.45) is 0 Å². The fourth-order valence-corrected chi connectivity index (χ4v) is 3.82. The number of hydrogen-bond donors (Lipinski definition) is 2. The lowest BCUT2D eigenvalue weighted by atomic mass is 10.1. The van der Waals surface area contributed by atoms with Crippen LogP contribution in [-0.2, 0) is 16.6 Å². The zero-order chi connectivity index (χ0) is 17.2. The largest absolute Gasteiger partial charge is 0.477 e. The molecule has 1 atom stereocenters. The minimum absolute atomic E-state index is 0.0710. The van der Waals surface area contributed by atoms with Gasteiger partial charge in [0.05, 0.1) is 0 Å². The van der Waals surface area contributed by atoms with Crippen LogP contribution in [0.15, 0.2) is 41.4 Å². The van der Waals surface area contributed by atoms with Crippen molar-refractivity contribution >= 4 is 27.6 Å². The molecule has 0 aliphatic heterocycles. The van der Waals surface area contributed by atoms with Crippen LogP contribution in [0.4, 0.5) is 0 Å². The van der Waals surface area contributed by atoms with Gasteiger partial charge in [0.25, 0.3) is 0 Å². The summed E-state index contributed by atoms with van der Waals surface area (Å²) in [6.45, 7) is 3.77. The van der Waals surface area contributed by atoms with E-state index in [4.69, 9.17) is 16.7 Å². The molecule has 0 saturated carbocycles. The zero-order valence-corrected chi connectivity index (χ0v) is 14.2. The SMILES string of the molecule is CCn1cc(S(=O)(=O)NC(C)c2ccccc2Cl)cc1C(=O)O. The third kappa shape index (κ3) is 3.74. The molecule has 8 heteroatoms. The lowest BCUT2D eigenvalue weighted by molar-refractivity contribution is 0.0685. The second-order valence-electron chi connectivity index (χ2n) is 5.02. The van der Waals surface area contributed by atoms with Crippen LogP contribution in [0.2, 0.25) is 5.02 Å². The summed E-state index contributed by atoms with van der Waals surface area (Å²) < 4.78 is 28.8. The van der Waals surface area contributed by atoms with E-state index >= 15 is 0 Å². The normalized spacial score (nSPS) is 13.0. The Kier molecular flexibility index (Phi) is 5.13. The molecule has 23 heavy (non-hydrogen) atoms. The summed E-state index contributed by atoms with van der Waals surface area (Å²) >= 11 is 6.07. The molecule has 0 aliphatic rings. The molecule has 0 radical (unpaired) electrons. The van der Waals surface area contributed by atoms with E-state index in [1.54, 1.807) is 38.1 Å². The van der Waals surface area contributed by atoms with Gasteiger partial charge in [-0.1, -0.05) is 29.8 Å². The maximum Gasteiger partial charge on any atom is 0.352 e. The predicted molar refractivity (Wildman–Crippen MR) is 87.3 cm³/mol. The van der Waals surface area contributed by atoms with Crippen molar-refractivity contribution in [2.45, 2.75) is 31.3 Å². The number of nitrogens with zero attached hydrogens (tertiary/aromatic N) is 1. The van der Waals surface area contributed by atoms with E-state index in [1.165, 1.54) is 10.8 Å². The minimum Gasteiger partial charge on any atom is -0.477 e. The predicted octanol–water partition coefficient (Wildman–Crippen LogP) is 2.90. The van der Waals surface area contributed by atoms with Gasteiger partial charge in [-0.3, -0.25) is 0 Å². The Morgan fingerprint density at radius 3 is 2.57 bits per heavy atom. The summed E-state index contributed by atoms with van der Waals surface area (Å²) in [6.07, 6.45) is 1.31. The van der Waals surface area contributed by atoms with Gasteiger partial charge in [-0.15, -0.1) is 0 Å². The average Bonchev–Trinajstić information content (AvgIpc) is 2.92. The van der Waals surface area contributed by atoms with Gasteiger partial charge >= 0.3 is 5.97 Å². The molecule has 0 aliphatic carbocycles. The standard InChI is InChI=1S/C15H17ClN2O4S/c1-3-18-9-11(8-14(18)15(19)20)23(21,22)17-10(2)12-6-4-5-7-13(12)16/h4-10,17H,3H2,1-2H3,(H,19,20). The molecule has 1 aromatic heterocycles. The second kappa shape index (κ2) is 6.74. The third-order valence-corrected chi connectivity index (χ3v) is 5.30. The van der Waals surface area contributed by atoms with Crippen LogP contribution >= 0.6 is 11.6 Å². The Bertz CT molecular complexity index is 830. The summed E-state index contributed by atoms with van der Waals surface area (Å²) in [5.41, 5.74) is 0.574. The minimum atomic E-state index is -3.86. The van der Waals surface area contributed by atoms with E-state index in [1.807, 2.05) is 0 Å². The molecular formula is C15H17ClN2O4S. The van der Waals surface area contributed by atoms with Crippen molar-refractivity contribution < 1.29 is 18.3 Å². The number of carboxylic acid groups (broad SMARTS) is 1. The number of carbonyl (C=O) groups is 1. The molecule has 124 valence electrons. The van der Waals surface area contributed by atoms with E-state index in [9.17, 15) is 13.2 Å². The van der Waals surface area contributed by atoms with Crippen molar-refractivity contribution in [1.82, 2.24) is 9.29 Å². The average molecular weight is 357 g/mol. The lowest BCUT2D eigenvalue weighted by Crippen LogP contribution is -2.26. The summed E-state index contributed by atoms with van der Waals surface area (Å²) in [7, 11) is -3.86. The number of rotatable bonds is 6. The number of aryl methyl sites for hydroxylation is 1. The molecule has 0 bridgehead atoms. The highest BCUT2D eigenvalue weighted by molar-refractivity contribution is 7.89. The molecule has 2 N–H and O–H groups in total. The number of hydrogen-bond acceptors (Lipinski definition) is 3. The Balaban J connectivity index is 2.32. The van der Waals surface area contributed by atoms with Gasteiger partial charge in [0.1, 0.15) is 10.6 Å². The highest BCUT2D eigenvalue weighted by atomic mass is 35.5. The Morgan fingerprint density at radius 2 is 2.04 bits per heavy atom. The quantitative estimate of drug-likeness (QED) is 0.832. The number of sulfonamides is 1. The van der Waals surface area contributed by atoms with Gasteiger partial charge in [-0.05, 0) is 31.5 Å². The first-order valence-corrected chi connectivity index (χ1v) is 8.82. The highest BCUT2D eigenvalue weighted by Gasteiger charge is 2.23. The first-order chi connectivity index (χ1) is 10.8. The Morgan fingerprint density at radius 1 is 1.39 bits per heavy atom. The van der Waals surface area contributed by atoms with Gasteiger partial charge in [-0.2, -0.15) is 0 Å². The van der Waals surface area contributed by atoms with Gasteiger partial charge in [0, 0.05) is 23.8 Å². The van der Waals surface area contributed by atoms with Crippen LogP contribution in [0.1, 0.15) is 35.9 Å². The third-order valence-electron chi connectivity index (χ3n) is 3.45. The number of benzene rings is 1. The molecule has 0 spiro atoms.